The number of nitrogens with zero attached hydrogens (tertiary/aromatic N) is 1. The highest BCUT2D eigenvalue weighted by Gasteiger charge is 1.98. The Labute approximate surface area is 72.0 Å². The Morgan fingerprint density at radius 2 is 2.80 bits per heavy atom. The van der Waals surface area contributed by atoms with E-state index in [1.807, 2.05) is 0 Å². The summed E-state index contributed by atoms with van der Waals surface area (Å²) in [6.45, 7) is 1.40. The average Bonchev–Trinajstić information content (AvgIpc) is 2.10. The number of carbonyl (C=O) groups excluding carboxylic acids is 1. The first kappa shape index (κ1) is 6.30. The summed E-state index contributed by atoms with van der Waals surface area (Å²) in [6.07, 6.45) is 0.152. The van der Waals surface area contributed by atoms with E-state index in [4.69, 9.17) is 1.37 Å². The zero-order chi connectivity index (χ0) is 8.43. The summed E-state index contributed by atoms with van der Waals surface area (Å²) in [5.41, 5.74) is 0. The van der Waals surface area contributed by atoms with Crippen LogP contribution in [0, 0.1) is 0 Å². The van der Waals surface area contributed by atoms with E-state index < -0.39 is 0 Å². The molecule has 0 fully saturated rings. The first-order valence-corrected chi connectivity index (χ1v) is 4.11. The molecule has 0 atom stereocenters. The van der Waals surface area contributed by atoms with Gasteiger partial charge >= 0.3 is 0 Å². The molecule has 1 aromatic heterocycles. The molecular formula is C5H5BrN2OS. The molecule has 0 aromatic carbocycles. The van der Waals surface area contributed by atoms with Gasteiger partial charge in [0.1, 0.15) is 0 Å². The van der Waals surface area contributed by atoms with Crippen LogP contribution in [0.25, 0.3) is 0 Å². The van der Waals surface area contributed by atoms with E-state index >= 15 is 0 Å². The number of thiazole rings is 1. The van der Waals surface area contributed by atoms with Crippen LogP contribution >= 0.6 is 27.3 Å². The fraction of sp³-hybridized carbons (Fsp3) is 0.200. The third-order valence-electron chi connectivity index (χ3n) is 0.715. The Morgan fingerprint density at radius 3 is 3.20 bits per heavy atom. The second kappa shape index (κ2) is 3.12. The van der Waals surface area contributed by atoms with E-state index in [0.717, 1.165) is 0 Å². The molecule has 0 bridgehead atoms. The van der Waals surface area contributed by atoms with Crippen LogP contribution in [0.1, 0.15) is 8.29 Å². The average molecular weight is 222 g/mol. The molecule has 1 N–H and O–H groups in total. The lowest BCUT2D eigenvalue weighted by Crippen LogP contribution is -2.04. The number of halogens is 1. The zero-order valence-electron chi connectivity index (χ0n) is 6.14. The van der Waals surface area contributed by atoms with Crippen LogP contribution in [0.5, 0.6) is 0 Å². The van der Waals surface area contributed by atoms with Gasteiger partial charge in [-0.2, -0.15) is 0 Å². The summed E-state index contributed by atoms with van der Waals surface area (Å²) in [4.78, 5) is 14.3. The summed E-state index contributed by atoms with van der Waals surface area (Å²) >= 11 is 4.35. The quantitative estimate of drug-likeness (QED) is 0.787. The highest BCUT2D eigenvalue weighted by Crippen LogP contribution is 2.22. The van der Waals surface area contributed by atoms with Crippen molar-refractivity contribution >= 4 is 38.3 Å². The van der Waals surface area contributed by atoms with Crippen LogP contribution in [-0.4, -0.2) is 10.9 Å². The molecule has 0 aliphatic rings. The van der Waals surface area contributed by atoms with Crippen molar-refractivity contribution in [2.45, 2.75) is 6.92 Å². The fourth-order valence-electron chi connectivity index (χ4n) is 0.429. The molecule has 1 rings (SSSR count). The Morgan fingerprint density at radius 1 is 2.10 bits per heavy atom. The summed E-state index contributed by atoms with van der Waals surface area (Å²) in [5, 5.41) is 2.94. The number of anilines is 1. The van der Waals surface area contributed by atoms with Gasteiger partial charge in [0.15, 0.2) is 5.13 Å². The lowest BCUT2D eigenvalue weighted by Gasteiger charge is -1.91. The summed E-state index contributed by atoms with van der Waals surface area (Å²) in [7, 11) is 0. The Bertz CT molecular complexity index is 269. The van der Waals surface area contributed by atoms with Gasteiger partial charge in [0.05, 0.1) is 11.3 Å². The van der Waals surface area contributed by atoms with Gasteiger partial charge in [-0.15, -0.1) is 0 Å². The molecule has 0 spiro atoms. The number of hydrogen-bond donors (Lipinski definition) is 1. The number of carbonyl (C=O) groups is 1. The minimum Gasteiger partial charge on any atom is -0.302 e. The number of rotatable bonds is 1. The Balaban J connectivity index is 2.81. The number of amides is 1. The number of aromatic nitrogens is 1. The van der Waals surface area contributed by atoms with Gasteiger partial charge in [-0.25, -0.2) is 4.98 Å². The van der Waals surface area contributed by atoms with Crippen LogP contribution in [0.3, 0.4) is 0 Å². The highest BCUT2D eigenvalue weighted by molar-refractivity contribution is 9.11. The van der Waals surface area contributed by atoms with Crippen molar-refractivity contribution in [2.75, 3.05) is 5.32 Å². The van der Waals surface area contributed by atoms with Gasteiger partial charge in [-0.1, -0.05) is 11.3 Å². The van der Waals surface area contributed by atoms with Crippen molar-refractivity contribution in [1.29, 1.82) is 0 Å². The molecule has 3 nitrogen and oxygen atoms in total. The van der Waals surface area contributed by atoms with E-state index in [0.29, 0.717) is 8.92 Å². The largest absolute Gasteiger partial charge is 0.302 e. The Kier molecular flexibility index (Phi) is 1.96. The lowest BCUT2D eigenvalue weighted by molar-refractivity contribution is -0.114. The molecule has 5 heteroatoms. The van der Waals surface area contributed by atoms with Gasteiger partial charge in [-0.3, -0.25) is 4.79 Å². The molecule has 0 radical (unpaired) electrons. The normalized spacial score (nSPS) is 10.8. The topological polar surface area (TPSA) is 42.0 Å². The molecule has 0 aliphatic heterocycles. The van der Waals surface area contributed by atoms with Gasteiger partial charge in [0, 0.05) is 6.92 Å². The SMILES string of the molecule is [2H]c1nc(NC(C)=O)sc1Br. The third kappa shape index (κ3) is 2.07. The first-order chi connectivity index (χ1) is 5.09. The lowest BCUT2D eigenvalue weighted by atomic mass is 10.7. The second-order valence-electron chi connectivity index (χ2n) is 1.59. The number of nitrogens with one attached hydrogen (secondary N) is 1. The molecule has 0 saturated carbocycles. The molecule has 1 heterocycles. The van der Waals surface area contributed by atoms with Crippen molar-refractivity contribution in [3.8, 4) is 0 Å². The molecule has 1 amide bonds. The van der Waals surface area contributed by atoms with E-state index in [1.165, 1.54) is 18.3 Å². The molecule has 10 heavy (non-hydrogen) atoms. The van der Waals surface area contributed by atoms with Gasteiger partial charge in [-0.05, 0) is 15.9 Å². The number of hydrogen-bond acceptors (Lipinski definition) is 3. The van der Waals surface area contributed by atoms with Crippen LogP contribution in [0.2, 0.25) is 0 Å². The molecule has 0 saturated heterocycles. The summed E-state index contributed by atoms with van der Waals surface area (Å²) < 4.78 is 7.81. The van der Waals surface area contributed by atoms with Crippen LogP contribution in [0.15, 0.2) is 9.96 Å². The van der Waals surface area contributed by atoms with E-state index in [1.54, 1.807) is 0 Å². The summed E-state index contributed by atoms with van der Waals surface area (Å²) in [5.74, 6) is -0.175. The standard InChI is InChI=1S/C5H5BrN2OS/c1-3(9)8-5-7-2-4(6)10-5/h2H,1H3,(H,7,8,9)/i2D. The maximum absolute atomic E-state index is 10.5. The van der Waals surface area contributed by atoms with Crippen molar-refractivity contribution in [1.82, 2.24) is 4.98 Å². The van der Waals surface area contributed by atoms with Crippen molar-refractivity contribution in [3.63, 3.8) is 0 Å². The van der Waals surface area contributed by atoms with Crippen molar-refractivity contribution in [3.05, 3.63) is 9.96 Å². The van der Waals surface area contributed by atoms with E-state index in [2.05, 4.69) is 26.2 Å². The predicted octanol–water partition coefficient (Wildman–Crippen LogP) is 1.86. The van der Waals surface area contributed by atoms with Gasteiger partial charge in [0.25, 0.3) is 0 Å². The molecule has 1 aromatic rings. The smallest absolute Gasteiger partial charge is 0.223 e. The van der Waals surface area contributed by atoms with Crippen LogP contribution in [-0.2, 0) is 4.79 Å². The van der Waals surface area contributed by atoms with Gasteiger partial charge in [0.2, 0.25) is 5.91 Å². The minimum atomic E-state index is -0.175. The second-order valence-corrected chi connectivity index (χ2v) is 3.90. The van der Waals surface area contributed by atoms with E-state index in [9.17, 15) is 4.79 Å². The zero-order valence-corrected chi connectivity index (χ0v) is 7.54. The Hall–Kier alpha value is -0.420. The van der Waals surface area contributed by atoms with Crippen molar-refractivity contribution < 1.29 is 6.17 Å². The minimum absolute atomic E-state index is 0.152. The van der Waals surface area contributed by atoms with Crippen molar-refractivity contribution in [2.24, 2.45) is 0 Å². The van der Waals surface area contributed by atoms with Crippen LogP contribution in [0.4, 0.5) is 5.13 Å². The summed E-state index contributed by atoms with van der Waals surface area (Å²) in [6, 6.07) is 0. The van der Waals surface area contributed by atoms with Crippen LogP contribution < -0.4 is 5.32 Å². The maximum Gasteiger partial charge on any atom is 0.223 e. The molecule has 0 aliphatic carbocycles. The highest BCUT2D eigenvalue weighted by atomic mass is 79.9. The monoisotopic (exact) mass is 221 g/mol. The van der Waals surface area contributed by atoms with E-state index in [-0.39, 0.29) is 12.1 Å². The third-order valence-corrected chi connectivity index (χ3v) is 2.03. The maximum atomic E-state index is 10.5. The fourth-order valence-corrected chi connectivity index (χ4v) is 1.53. The molecular weight excluding hydrogens is 216 g/mol. The first-order valence-electron chi connectivity index (χ1n) is 3.00. The predicted molar refractivity (Wildman–Crippen MR) is 44.1 cm³/mol. The molecule has 0 unspecified atom stereocenters. The van der Waals surface area contributed by atoms with Gasteiger partial charge < -0.3 is 5.32 Å². The molecule has 54 valence electrons.